The molecule has 0 bridgehead atoms. The fourth-order valence-corrected chi connectivity index (χ4v) is 5.67. The van der Waals surface area contributed by atoms with Gasteiger partial charge in [-0.1, -0.05) is 0 Å². The highest BCUT2D eigenvalue weighted by molar-refractivity contribution is 9.10. The first kappa shape index (κ1) is 34.5. The Labute approximate surface area is 272 Å². The van der Waals surface area contributed by atoms with Gasteiger partial charge in [0.05, 0.1) is 28.1 Å². The van der Waals surface area contributed by atoms with Crippen LogP contribution in [-0.2, 0) is 29.0 Å². The summed E-state index contributed by atoms with van der Waals surface area (Å²) in [5, 5.41) is 8.02. The summed E-state index contributed by atoms with van der Waals surface area (Å²) in [6.07, 6.45) is 1.81. The minimum absolute atomic E-state index is 0.0585. The van der Waals surface area contributed by atoms with Gasteiger partial charge in [0.1, 0.15) is 11.3 Å². The first-order valence-corrected chi connectivity index (χ1v) is 16.5. The molecule has 0 spiro atoms. The van der Waals surface area contributed by atoms with Crippen LogP contribution < -0.4 is 21.8 Å². The number of hydrogen-bond acceptors (Lipinski definition) is 10. The van der Waals surface area contributed by atoms with Gasteiger partial charge in [-0.3, -0.25) is 18.7 Å². The zero-order chi connectivity index (χ0) is 32.7. The minimum Gasteiger partial charge on any atom is -0.379 e. The SMILES string of the molecule is CCNc1nc(C)c2cc(Br)c(=O)n(CCCOC(C)Cc3nc(NCC)nc4c3cc(C)c(=O)n4CCCOC(C)C)c2n1. The summed E-state index contributed by atoms with van der Waals surface area (Å²) >= 11 is 3.41. The van der Waals surface area contributed by atoms with Crippen LogP contribution in [0.1, 0.15) is 64.4 Å². The molecule has 0 saturated heterocycles. The van der Waals surface area contributed by atoms with Crippen LogP contribution in [0.15, 0.2) is 26.2 Å². The number of halogens is 1. The summed E-state index contributed by atoms with van der Waals surface area (Å²) < 4.78 is 15.8. The van der Waals surface area contributed by atoms with Gasteiger partial charge in [0.2, 0.25) is 11.9 Å². The third-order valence-corrected chi connectivity index (χ3v) is 7.92. The van der Waals surface area contributed by atoms with E-state index in [9.17, 15) is 9.59 Å². The van der Waals surface area contributed by atoms with Crippen molar-refractivity contribution in [3.05, 3.63) is 54.3 Å². The van der Waals surface area contributed by atoms with E-state index in [0.29, 0.717) is 91.9 Å². The second kappa shape index (κ2) is 15.7. The molecule has 0 aliphatic carbocycles. The fraction of sp³-hybridized carbons (Fsp3) is 0.562. The van der Waals surface area contributed by atoms with E-state index in [0.717, 1.165) is 22.2 Å². The molecular weight excluding hydrogens is 640 g/mol. The lowest BCUT2D eigenvalue weighted by Gasteiger charge is -2.18. The van der Waals surface area contributed by atoms with Crippen LogP contribution in [0.5, 0.6) is 0 Å². The number of ether oxygens (including phenoxy) is 2. The van der Waals surface area contributed by atoms with E-state index in [-0.39, 0.29) is 23.3 Å². The summed E-state index contributed by atoms with van der Waals surface area (Å²) in [7, 11) is 0. The van der Waals surface area contributed by atoms with E-state index in [1.165, 1.54) is 0 Å². The lowest BCUT2D eigenvalue weighted by Crippen LogP contribution is -2.26. The summed E-state index contributed by atoms with van der Waals surface area (Å²) in [5.41, 5.74) is 3.27. The Balaban J connectivity index is 1.51. The van der Waals surface area contributed by atoms with Crippen molar-refractivity contribution in [1.29, 1.82) is 0 Å². The molecule has 45 heavy (non-hydrogen) atoms. The molecule has 0 amide bonds. The maximum Gasteiger partial charge on any atom is 0.266 e. The van der Waals surface area contributed by atoms with Crippen molar-refractivity contribution >= 4 is 49.9 Å². The quantitative estimate of drug-likeness (QED) is 0.155. The van der Waals surface area contributed by atoms with Gasteiger partial charge in [0.15, 0.2) is 0 Å². The van der Waals surface area contributed by atoms with Crippen LogP contribution in [0, 0.1) is 13.8 Å². The highest BCUT2D eigenvalue weighted by Crippen LogP contribution is 2.22. The topological polar surface area (TPSA) is 138 Å². The number of nitrogens with zero attached hydrogens (tertiary/aromatic N) is 6. The molecule has 244 valence electrons. The van der Waals surface area contributed by atoms with Crippen LogP contribution in [0.25, 0.3) is 22.1 Å². The van der Waals surface area contributed by atoms with Gasteiger partial charge < -0.3 is 20.1 Å². The zero-order valence-electron chi connectivity index (χ0n) is 27.4. The van der Waals surface area contributed by atoms with E-state index in [1.807, 2.05) is 54.5 Å². The number of anilines is 2. The molecule has 1 unspecified atom stereocenters. The first-order chi connectivity index (χ1) is 21.5. The Morgan fingerprint density at radius 2 is 1.38 bits per heavy atom. The van der Waals surface area contributed by atoms with Gasteiger partial charge in [0.25, 0.3) is 11.1 Å². The van der Waals surface area contributed by atoms with Crippen LogP contribution in [0.3, 0.4) is 0 Å². The van der Waals surface area contributed by atoms with Crippen molar-refractivity contribution in [2.75, 3.05) is 36.9 Å². The number of hydrogen-bond donors (Lipinski definition) is 2. The molecule has 4 heterocycles. The van der Waals surface area contributed by atoms with Gasteiger partial charge >= 0.3 is 0 Å². The number of nitrogens with one attached hydrogen (secondary N) is 2. The summed E-state index contributed by atoms with van der Waals surface area (Å²) in [4.78, 5) is 44.9. The zero-order valence-corrected chi connectivity index (χ0v) is 29.0. The second-order valence-corrected chi connectivity index (χ2v) is 12.3. The molecule has 0 fully saturated rings. The molecule has 13 heteroatoms. The van der Waals surface area contributed by atoms with Gasteiger partial charge in [-0.15, -0.1) is 0 Å². The Kier molecular flexibility index (Phi) is 12.0. The van der Waals surface area contributed by atoms with Crippen molar-refractivity contribution in [1.82, 2.24) is 29.1 Å². The molecule has 0 aromatic carbocycles. The van der Waals surface area contributed by atoms with E-state index >= 15 is 0 Å². The van der Waals surface area contributed by atoms with Crippen molar-refractivity contribution in [2.24, 2.45) is 0 Å². The number of aryl methyl sites for hydroxylation is 4. The molecule has 2 N–H and O–H groups in total. The average Bonchev–Trinajstić information content (AvgIpc) is 2.98. The van der Waals surface area contributed by atoms with Gasteiger partial charge in [-0.2, -0.15) is 9.97 Å². The smallest absolute Gasteiger partial charge is 0.266 e. The standard InChI is InChI=1S/C32H45BrN8O4/c1-8-34-31-36-22(7)23-18-25(33)30(43)41(27(23)38-31)13-11-15-45-21(6)17-26-24-16-20(5)29(42)40(12-10-14-44-19(3)4)28(24)39-32(37-26)35-9-2/h16,18-19,21H,8-15,17H2,1-7H3,(H,34,36,38)(H,35,37,39). The first-order valence-electron chi connectivity index (χ1n) is 15.7. The summed E-state index contributed by atoms with van der Waals surface area (Å²) in [6.45, 7) is 17.0. The Morgan fingerprint density at radius 1 is 0.800 bits per heavy atom. The Bertz CT molecular complexity index is 1750. The number of rotatable bonds is 16. The Morgan fingerprint density at radius 3 is 2.00 bits per heavy atom. The summed E-state index contributed by atoms with van der Waals surface area (Å²) in [6, 6.07) is 3.67. The van der Waals surface area contributed by atoms with Gasteiger partial charge in [0, 0.05) is 62.1 Å². The number of fused-ring (bicyclic) bond motifs is 2. The third-order valence-electron chi connectivity index (χ3n) is 7.35. The third kappa shape index (κ3) is 8.44. The molecule has 4 aromatic heterocycles. The predicted octanol–water partition coefficient (Wildman–Crippen LogP) is 4.99. The lowest BCUT2D eigenvalue weighted by atomic mass is 10.1. The van der Waals surface area contributed by atoms with Gasteiger partial charge in [-0.25, -0.2) is 9.97 Å². The van der Waals surface area contributed by atoms with E-state index < -0.39 is 0 Å². The molecule has 0 aliphatic rings. The minimum atomic E-state index is -0.168. The van der Waals surface area contributed by atoms with E-state index in [4.69, 9.17) is 19.4 Å². The van der Waals surface area contributed by atoms with Crippen LogP contribution >= 0.6 is 15.9 Å². The average molecular weight is 686 g/mol. The molecule has 0 radical (unpaired) electrons. The molecule has 12 nitrogen and oxygen atoms in total. The van der Waals surface area contributed by atoms with Crippen molar-refractivity contribution in [2.45, 2.75) is 93.0 Å². The molecule has 1 atom stereocenters. The highest BCUT2D eigenvalue weighted by Gasteiger charge is 2.18. The highest BCUT2D eigenvalue weighted by atomic mass is 79.9. The van der Waals surface area contributed by atoms with E-state index in [2.05, 4.69) is 36.5 Å². The predicted molar refractivity (Wildman–Crippen MR) is 183 cm³/mol. The second-order valence-electron chi connectivity index (χ2n) is 11.4. The monoisotopic (exact) mass is 684 g/mol. The normalized spacial score (nSPS) is 12.4. The molecule has 4 aromatic rings. The maximum atomic E-state index is 13.2. The fourth-order valence-electron chi connectivity index (χ4n) is 5.22. The molecule has 0 saturated carbocycles. The Hall–Kier alpha value is -3.42. The maximum absolute atomic E-state index is 13.2. The molecular formula is C32H45BrN8O4. The molecule has 4 rings (SSSR count). The number of pyridine rings is 2. The lowest BCUT2D eigenvalue weighted by molar-refractivity contribution is 0.0623. The van der Waals surface area contributed by atoms with Crippen LogP contribution in [-0.4, -0.2) is 67.6 Å². The van der Waals surface area contributed by atoms with Crippen molar-refractivity contribution < 1.29 is 9.47 Å². The number of aromatic nitrogens is 6. The van der Waals surface area contributed by atoms with Crippen LogP contribution in [0.2, 0.25) is 0 Å². The van der Waals surface area contributed by atoms with Crippen molar-refractivity contribution in [3.63, 3.8) is 0 Å². The summed E-state index contributed by atoms with van der Waals surface area (Å²) in [5.74, 6) is 0.985. The van der Waals surface area contributed by atoms with E-state index in [1.54, 1.807) is 15.2 Å². The van der Waals surface area contributed by atoms with Crippen LogP contribution in [0.4, 0.5) is 11.9 Å². The van der Waals surface area contributed by atoms with Crippen molar-refractivity contribution in [3.8, 4) is 0 Å². The van der Waals surface area contributed by atoms with Gasteiger partial charge in [-0.05, 0) is 89.4 Å². The largest absolute Gasteiger partial charge is 0.379 e. The molecule has 0 aliphatic heterocycles.